The van der Waals surface area contributed by atoms with E-state index in [1.165, 1.54) is 0 Å². The van der Waals surface area contributed by atoms with Gasteiger partial charge in [-0.05, 0) is 25.0 Å². The van der Waals surface area contributed by atoms with E-state index in [0.29, 0.717) is 43.2 Å². The van der Waals surface area contributed by atoms with Crippen LogP contribution in [0.3, 0.4) is 0 Å². The first kappa shape index (κ1) is 16.0. The topological polar surface area (TPSA) is 46.6 Å². The fourth-order valence-electron chi connectivity index (χ4n) is 3.53. The molecule has 2 aliphatic rings. The molecule has 2 aliphatic heterocycles. The number of ketones is 1. The van der Waals surface area contributed by atoms with Gasteiger partial charge in [0.25, 0.3) is 0 Å². The van der Waals surface area contributed by atoms with Crippen LogP contribution in [0.2, 0.25) is 0 Å². The predicted octanol–water partition coefficient (Wildman–Crippen LogP) is 3.37. The molecule has 0 unspecified atom stereocenters. The van der Waals surface area contributed by atoms with E-state index in [2.05, 4.69) is 13.8 Å². The van der Waals surface area contributed by atoms with E-state index in [9.17, 15) is 9.59 Å². The summed E-state index contributed by atoms with van der Waals surface area (Å²) in [5, 5.41) is 0. The van der Waals surface area contributed by atoms with Crippen LogP contribution in [-0.4, -0.2) is 35.3 Å². The van der Waals surface area contributed by atoms with Gasteiger partial charge in [-0.1, -0.05) is 25.5 Å². The molecule has 4 nitrogen and oxygen atoms in total. The number of benzene rings is 1. The average Bonchev–Trinajstić information content (AvgIpc) is 2.48. The molecule has 1 amide bonds. The summed E-state index contributed by atoms with van der Waals surface area (Å²) in [6.07, 6.45) is 2.48. The van der Waals surface area contributed by atoms with Crippen molar-refractivity contribution in [2.45, 2.75) is 52.1 Å². The SMILES string of the molecule is Cc1ccc2c(c1)C(=O)CC1(CCN(C(=O)CC(C)C)CC1)O2. The van der Waals surface area contributed by atoms with Gasteiger partial charge in [0.2, 0.25) is 5.91 Å². The molecule has 1 aromatic carbocycles. The maximum absolute atomic E-state index is 12.5. The zero-order valence-corrected chi connectivity index (χ0v) is 14.2. The first-order valence-corrected chi connectivity index (χ1v) is 8.49. The number of amides is 1. The molecule has 0 saturated carbocycles. The fraction of sp³-hybridized carbons (Fsp3) is 0.579. The third-order valence-electron chi connectivity index (χ3n) is 4.85. The van der Waals surface area contributed by atoms with E-state index < -0.39 is 5.60 Å². The van der Waals surface area contributed by atoms with Crippen molar-refractivity contribution in [3.63, 3.8) is 0 Å². The van der Waals surface area contributed by atoms with Crippen LogP contribution >= 0.6 is 0 Å². The lowest BCUT2D eigenvalue weighted by atomic mass is 9.82. The van der Waals surface area contributed by atoms with Crippen LogP contribution in [0.25, 0.3) is 0 Å². The van der Waals surface area contributed by atoms with Crippen LogP contribution < -0.4 is 4.74 Å². The maximum atomic E-state index is 12.5. The Morgan fingerprint density at radius 2 is 2.00 bits per heavy atom. The number of likely N-dealkylation sites (tertiary alicyclic amines) is 1. The Morgan fingerprint density at radius 3 is 2.65 bits per heavy atom. The smallest absolute Gasteiger partial charge is 0.222 e. The molecule has 2 heterocycles. The number of aryl methyl sites for hydroxylation is 1. The second-order valence-corrected chi connectivity index (χ2v) is 7.36. The Labute approximate surface area is 137 Å². The monoisotopic (exact) mass is 315 g/mol. The number of hydrogen-bond acceptors (Lipinski definition) is 3. The summed E-state index contributed by atoms with van der Waals surface area (Å²) < 4.78 is 6.24. The molecular weight excluding hydrogens is 290 g/mol. The van der Waals surface area contributed by atoms with Gasteiger partial charge in [0.05, 0.1) is 12.0 Å². The van der Waals surface area contributed by atoms with Crippen molar-refractivity contribution < 1.29 is 14.3 Å². The number of fused-ring (bicyclic) bond motifs is 1. The van der Waals surface area contributed by atoms with E-state index in [-0.39, 0.29) is 11.7 Å². The largest absolute Gasteiger partial charge is 0.486 e. The zero-order valence-electron chi connectivity index (χ0n) is 14.2. The first-order chi connectivity index (χ1) is 10.9. The van der Waals surface area contributed by atoms with Crippen LogP contribution in [0, 0.1) is 12.8 Å². The molecule has 1 fully saturated rings. The Morgan fingerprint density at radius 1 is 1.30 bits per heavy atom. The lowest BCUT2D eigenvalue weighted by Gasteiger charge is -2.44. The van der Waals surface area contributed by atoms with E-state index in [1.54, 1.807) is 0 Å². The summed E-state index contributed by atoms with van der Waals surface area (Å²) in [6, 6.07) is 5.79. The lowest BCUT2D eigenvalue weighted by Crippen LogP contribution is -2.52. The van der Waals surface area contributed by atoms with Gasteiger partial charge >= 0.3 is 0 Å². The molecule has 0 aliphatic carbocycles. The molecule has 4 heteroatoms. The van der Waals surface area contributed by atoms with Crippen molar-refractivity contribution in [2.24, 2.45) is 5.92 Å². The molecule has 0 aromatic heterocycles. The van der Waals surface area contributed by atoms with Crippen molar-refractivity contribution in [3.8, 4) is 5.75 Å². The van der Waals surface area contributed by atoms with Gasteiger partial charge in [-0.2, -0.15) is 0 Å². The van der Waals surface area contributed by atoms with Gasteiger partial charge in [-0.25, -0.2) is 0 Å². The normalized spacial score (nSPS) is 19.7. The third kappa shape index (κ3) is 3.26. The minimum Gasteiger partial charge on any atom is -0.486 e. The van der Waals surface area contributed by atoms with Crippen molar-refractivity contribution in [3.05, 3.63) is 29.3 Å². The van der Waals surface area contributed by atoms with Gasteiger partial charge in [0.15, 0.2) is 5.78 Å². The van der Waals surface area contributed by atoms with E-state index in [4.69, 9.17) is 4.74 Å². The van der Waals surface area contributed by atoms with Gasteiger partial charge in [0.1, 0.15) is 11.4 Å². The van der Waals surface area contributed by atoms with Crippen molar-refractivity contribution in [2.75, 3.05) is 13.1 Å². The summed E-state index contributed by atoms with van der Waals surface area (Å²) in [5.41, 5.74) is 1.35. The molecule has 23 heavy (non-hydrogen) atoms. The minimum absolute atomic E-state index is 0.164. The molecule has 0 radical (unpaired) electrons. The molecule has 0 bridgehead atoms. The number of carbonyl (C=O) groups excluding carboxylic acids is 2. The number of nitrogens with zero attached hydrogens (tertiary/aromatic N) is 1. The van der Waals surface area contributed by atoms with E-state index >= 15 is 0 Å². The molecule has 1 saturated heterocycles. The third-order valence-corrected chi connectivity index (χ3v) is 4.85. The van der Waals surface area contributed by atoms with Gasteiger partial charge in [0, 0.05) is 32.4 Å². The summed E-state index contributed by atoms with van der Waals surface area (Å²) >= 11 is 0. The maximum Gasteiger partial charge on any atom is 0.222 e. The zero-order chi connectivity index (χ0) is 16.6. The standard InChI is InChI=1S/C19H25NO3/c1-13(2)10-18(22)20-8-6-19(7-9-20)12-16(21)15-11-14(3)4-5-17(15)23-19/h4-5,11,13H,6-10,12H2,1-3H3. The Bertz CT molecular complexity index is 628. The van der Waals surface area contributed by atoms with Crippen LogP contribution in [0.1, 0.15) is 55.5 Å². The number of carbonyl (C=O) groups is 2. The van der Waals surface area contributed by atoms with Crippen LogP contribution in [0.5, 0.6) is 5.75 Å². The first-order valence-electron chi connectivity index (χ1n) is 8.49. The van der Waals surface area contributed by atoms with Crippen LogP contribution in [0.4, 0.5) is 0 Å². The van der Waals surface area contributed by atoms with Crippen molar-refractivity contribution in [1.82, 2.24) is 4.90 Å². The van der Waals surface area contributed by atoms with E-state index in [0.717, 1.165) is 18.4 Å². The Hall–Kier alpha value is -1.84. The molecule has 0 atom stereocenters. The summed E-state index contributed by atoms with van der Waals surface area (Å²) in [5.74, 6) is 1.46. The summed E-state index contributed by atoms with van der Waals surface area (Å²) in [6.45, 7) is 7.47. The van der Waals surface area contributed by atoms with Gasteiger partial charge in [-0.15, -0.1) is 0 Å². The van der Waals surface area contributed by atoms with Crippen LogP contribution in [0.15, 0.2) is 18.2 Å². The highest BCUT2D eigenvalue weighted by Gasteiger charge is 2.43. The van der Waals surface area contributed by atoms with Crippen molar-refractivity contribution >= 4 is 11.7 Å². The molecule has 1 spiro atoms. The fourth-order valence-corrected chi connectivity index (χ4v) is 3.53. The predicted molar refractivity (Wildman–Crippen MR) is 88.8 cm³/mol. The second-order valence-electron chi connectivity index (χ2n) is 7.36. The molecule has 0 N–H and O–H groups in total. The number of Topliss-reactive ketones (excluding diaryl/α,β-unsaturated/α-hetero) is 1. The van der Waals surface area contributed by atoms with Crippen molar-refractivity contribution in [1.29, 1.82) is 0 Å². The quantitative estimate of drug-likeness (QED) is 0.840. The minimum atomic E-state index is -0.423. The van der Waals surface area contributed by atoms with Gasteiger partial charge in [-0.3, -0.25) is 9.59 Å². The summed E-state index contributed by atoms with van der Waals surface area (Å²) in [4.78, 5) is 26.6. The highest BCUT2D eigenvalue weighted by atomic mass is 16.5. The molecular formula is C19H25NO3. The lowest BCUT2D eigenvalue weighted by molar-refractivity contribution is -0.135. The second kappa shape index (κ2) is 5.99. The Balaban J connectivity index is 1.70. The number of piperidine rings is 1. The number of rotatable bonds is 2. The molecule has 124 valence electrons. The number of ether oxygens (including phenoxy) is 1. The van der Waals surface area contributed by atoms with Crippen LogP contribution in [-0.2, 0) is 4.79 Å². The molecule has 1 aromatic rings. The van der Waals surface area contributed by atoms with E-state index in [1.807, 2.05) is 30.0 Å². The molecule has 3 rings (SSSR count). The summed E-state index contributed by atoms with van der Waals surface area (Å²) in [7, 11) is 0. The average molecular weight is 315 g/mol. The highest BCUT2D eigenvalue weighted by molar-refractivity contribution is 6.00. The number of hydrogen-bond donors (Lipinski definition) is 0. The van der Waals surface area contributed by atoms with Gasteiger partial charge < -0.3 is 9.64 Å². The Kier molecular flexibility index (Phi) is 4.17. The highest BCUT2D eigenvalue weighted by Crippen LogP contribution is 2.39.